The highest BCUT2D eigenvalue weighted by molar-refractivity contribution is 6.35. The minimum atomic E-state index is -0.0871. The zero-order valence-corrected chi connectivity index (χ0v) is 16.2. The molecule has 2 heterocycles. The van der Waals surface area contributed by atoms with E-state index in [9.17, 15) is 4.79 Å². The average molecular weight is 404 g/mol. The standard InChI is InChI=1S/C17H20Cl2N4O.ClH/c1-23-10-11(7-22-23)13-8-20-9-14(13)17(24)21-6-5-12-15(18)3-2-4-16(12)19;/h2-4,7,10,13-14,20H,5-6,8-9H2,1H3,(H,21,24);1H/t13-,14+;/m1./s1. The van der Waals surface area contributed by atoms with Crippen LogP contribution in [0.25, 0.3) is 0 Å². The Morgan fingerprint density at radius 2 is 2.08 bits per heavy atom. The molecule has 1 aromatic carbocycles. The molecule has 25 heavy (non-hydrogen) atoms. The van der Waals surface area contributed by atoms with Crippen LogP contribution in [0.2, 0.25) is 10.0 Å². The molecule has 1 aliphatic heterocycles. The van der Waals surface area contributed by atoms with Gasteiger partial charge in [0.1, 0.15) is 0 Å². The molecule has 1 aromatic heterocycles. The number of carbonyl (C=O) groups is 1. The molecule has 1 fully saturated rings. The first-order valence-corrected chi connectivity index (χ1v) is 8.71. The molecule has 2 atom stereocenters. The van der Waals surface area contributed by atoms with Crippen molar-refractivity contribution in [2.45, 2.75) is 12.3 Å². The molecule has 8 heteroatoms. The Kier molecular flexibility index (Phi) is 7.14. The maximum absolute atomic E-state index is 12.6. The van der Waals surface area contributed by atoms with Crippen LogP contribution in [0.4, 0.5) is 0 Å². The molecule has 0 radical (unpaired) electrons. The van der Waals surface area contributed by atoms with E-state index in [1.807, 2.05) is 37.6 Å². The Hall–Kier alpha value is -1.27. The van der Waals surface area contributed by atoms with E-state index in [0.29, 0.717) is 29.6 Å². The summed E-state index contributed by atoms with van der Waals surface area (Å²) in [5.74, 6) is 0.121. The molecule has 0 unspecified atom stereocenters. The van der Waals surface area contributed by atoms with Crippen LogP contribution >= 0.6 is 35.6 Å². The molecule has 136 valence electrons. The van der Waals surface area contributed by atoms with Crippen molar-refractivity contribution in [1.29, 1.82) is 0 Å². The number of amides is 1. The fourth-order valence-corrected chi connectivity index (χ4v) is 3.74. The van der Waals surface area contributed by atoms with Crippen molar-refractivity contribution >= 4 is 41.5 Å². The summed E-state index contributed by atoms with van der Waals surface area (Å²) in [7, 11) is 1.88. The maximum atomic E-state index is 12.6. The first-order chi connectivity index (χ1) is 11.6. The number of aryl methyl sites for hydroxylation is 1. The predicted octanol–water partition coefficient (Wildman–Crippen LogP) is 2.81. The Morgan fingerprint density at radius 1 is 1.36 bits per heavy atom. The molecule has 0 saturated carbocycles. The predicted molar refractivity (Wildman–Crippen MR) is 103 cm³/mol. The van der Waals surface area contributed by atoms with E-state index >= 15 is 0 Å². The molecule has 1 saturated heterocycles. The Balaban J connectivity index is 0.00000225. The molecule has 5 nitrogen and oxygen atoms in total. The van der Waals surface area contributed by atoms with Gasteiger partial charge >= 0.3 is 0 Å². The summed E-state index contributed by atoms with van der Waals surface area (Å²) >= 11 is 12.3. The molecule has 0 bridgehead atoms. The van der Waals surface area contributed by atoms with E-state index in [1.165, 1.54) is 0 Å². The SMILES string of the molecule is Cl.Cn1cc([C@H]2CNC[C@@H]2C(=O)NCCc2c(Cl)cccc2Cl)cn1. The van der Waals surface area contributed by atoms with E-state index in [-0.39, 0.29) is 30.2 Å². The summed E-state index contributed by atoms with van der Waals surface area (Å²) in [5, 5.41) is 11.8. The van der Waals surface area contributed by atoms with Gasteiger partial charge < -0.3 is 10.6 Å². The Morgan fingerprint density at radius 3 is 2.72 bits per heavy atom. The molecular weight excluding hydrogens is 383 g/mol. The van der Waals surface area contributed by atoms with Crippen LogP contribution in [-0.2, 0) is 18.3 Å². The van der Waals surface area contributed by atoms with Crippen LogP contribution in [0.5, 0.6) is 0 Å². The van der Waals surface area contributed by atoms with Gasteiger partial charge in [0.25, 0.3) is 0 Å². The molecular formula is C17H21Cl3N4O. The zero-order chi connectivity index (χ0) is 17.1. The second-order valence-electron chi connectivity index (χ2n) is 6.06. The highest BCUT2D eigenvalue weighted by Gasteiger charge is 2.34. The van der Waals surface area contributed by atoms with Crippen LogP contribution in [0.1, 0.15) is 17.0 Å². The van der Waals surface area contributed by atoms with Crippen LogP contribution in [0, 0.1) is 5.92 Å². The monoisotopic (exact) mass is 402 g/mol. The number of nitrogens with zero attached hydrogens (tertiary/aromatic N) is 2. The Bertz CT molecular complexity index is 714. The summed E-state index contributed by atoms with van der Waals surface area (Å²) in [6, 6.07) is 5.43. The van der Waals surface area contributed by atoms with Crippen molar-refractivity contribution in [3.05, 3.63) is 51.8 Å². The normalized spacial score (nSPS) is 19.5. The second kappa shape index (κ2) is 8.90. The number of aromatic nitrogens is 2. The van der Waals surface area contributed by atoms with E-state index in [2.05, 4.69) is 15.7 Å². The van der Waals surface area contributed by atoms with Gasteiger partial charge in [0.15, 0.2) is 0 Å². The molecule has 3 rings (SSSR count). The van der Waals surface area contributed by atoms with Crippen molar-refractivity contribution < 1.29 is 4.79 Å². The van der Waals surface area contributed by atoms with E-state index < -0.39 is 0 Å². The smallest absolute Gasteiger partial charge is 0.225 e. The zero-order valence-electron chi connectivity index (χ0n) is 13.8. The number of carbonyl (C=O) groups excluding carboxylic acids is 1. The minimum absolute atomic E-state index is 0. The van der Waals surface area contributed by atoms with Crippen molar-refractivity contribution in [2.24, 2.45) is 13.0 Å². The minimum Gasteiger partial charge on any atom is -0.355 e. The van der Waals surface area contributed by atoms with Crippen molar-refractivity contribution in [2.75, 3.05) is 19.6 Å². The van der Waals surface area contributed by atoms with Crippen LogP contribution in [0.3, 0.4) is 0 Å². The van der Waals surface area contributed by atoms with E-state index in [1.54, 1.807) is 4.68 Å². The number of rotatable bonds is 5. The summed E-state index contributed by atoms with van der Waals surface area (Å²) in [6.45, 7) is 1.98. The number of nitrogens with one attached hydrogen (secondary N) is 2. The van der Waals surface area contributed by atoms with Crippen molar-refractivity contribution in [3.63, 3.8) is 0 Å². The number of benzene rings is 1. The lowest BCUT2D eigenvalue weighted by molar-refractivity contribution is -0.124. The van der Waals surface area contributed by atoms with Gasteiger partial charge in [0.05, 0.1) is 12.1 Å². The first kappa shape index (κ1) is 20.0. The van der Waals surface area contributed by atoms with Crippen LogP contribution < -0.4 is 10.6 Å². The summed E-state index contributed by atoms with van der Waals surface area (Å²) < 4.78 is 1.77. The summed E-state index contributed by atoms with van der Waals surface area (Å²) in [6.07, 6.45) is 4.42. The van der Waals surface area contributed by atoms with Crippen LogP contribution in [-0.4, -0.2) is 35.3 Å². The van der Waals surface area contributed by atoms with Gasteiger partial charge in [-0.25, -0.2) is 0 Å². The second-order valence-corrected chi connectivity index (χ2v) is 6.87. The third-order valence-corrected chi connectivity index (χ3v) is 5.15. The van der Waals surface area contributed by atoms with Gasteiger partial charge in [-0.15, -0.1) is 12.4 Å². The van der Waals surface area contributed by atoms with Crippen molar-refractivity contribution in [3.8, 4) is 0 Å². The summed E-state index contributed by atoms with van der Waals surface area (Å²) in [5.41, 5.74) is 1.96. The molecule has 2 N–H and O–H groups in total. The van der Waals surface area contributed by atoms with Gasteiger partial charge in [0.2, 0.25) is 5.91 Å². The topological polar surface area (TPSA) is 59.0 Å². The van der Waals surface area contributed by atoms with E-state index in [4.69, 9.17) is 23.2 Å². The molecule has 1 aliphatic rings. The van der Waals surface area contributed by atoms with Crippen LogP contribution in [0.15, 0.2) is 30.6 Å². The number of hydrogen-bond donors (Lipinski definition) is 2. The largest absolute Gasteiger partial charge is 0.355 e. The van der Waals surface area contributed by atoms with Gasteiger partial charge in [-0.1, -0.05) is 29.3 Å². The molecule has 2 aromatic rings. The quantitative estimate of drug-likeness (QED) is 0.807. The van der Waals surface area contributed by atoms with Gasteiger partial charge in [-0.05, 0) is 29.7 Å². The third-order valence-electron chi connectivity index (χ3n) is 4.44. The van der Waals surface area contributed by atoms with Gasteiger partial charge in [-0.2, -0.15) is 5.10 Å². The highest BCUT2D eigenvalue weighted by Crippen LogP contribution is 2.28. The fraction of sp³-hybridized carbons (Fsp3) is 0.412. The molecule has 0 spiro atoms. The van der Waals surface area contributed by atoms with Gasteiger partial charge in [-0.3, -0.25) is 9.48 Å². The fourth-order valence-electron chi connectivity index (χ4n) is 3.15. The average Bonchev–Trinajstić information content (AvgIpc) is 3.18. The summed E-state index contributed by atoms with van der Waals surface area (Å²) in [4.78, 5) is 12.6. The van der Waals surface area contributed by atoms with E-state index in [0.717, 1.165) is 17.7 Å². The van der Waals surface area contributed by atoms with Gasteiger partial charge in [0, 0.05) is 48.8 Å². The first-order valence-electron chi connectivity index (χ1n) is 7.96. The maximum Gasteiger partial charge on any atom is 0.225 e. The lowest BCUT2D eigenvalue weighted by Gasteiger charge is -2.17. The molecule has 0 aliphatic carbocycles. The number of halogens is 3. The Labute approximate surface area is 163 Å². The number of hydrogen-bond acceptors (Lipinski definition) is 3. The van der Waals surface area contributed by atoms with Crippen molar-refractivity contribution in [1.82, 2.24) is 20.4 Å². The molecule has 1 amide bonds. The third kappa shape index (κ3) is 4.67. The lowest BCUT2D eigenvalue weighted by Crippen LogP contribution is -2.35. The highest BCUT2D eigenvalue weighted by atomic mass is 35.5. The lowest BCUT2D eigenvalue weighted by atomic mass is 9.90.